The molecule has 2 aliphatic rings. The summed E-state index contributed by atoms with van der Waals surface area (Å²) in [4.78, 5) is 22.2. The Labute approximate surface area is 204 Å². The largest absolute Gasteiger partial charge is 0.347 e. The van der Waals surface area contributed by atoms with Crippen molar-refractivity contribution in [3.05, 3.63) is 77.4 Å². The summed E-state index contributed by atoms with van der Waals surface area (Å²) in [5, 5.41) is 0.921. The number of amides is 1. The van der Waals surface area contributed by atoms with Gasteiger partial charge in [0.1, 0.15) is 11.6 Å². The second-order valence-electron chi connectivity index (χ2n) is 9.52. The van der Waals surface area contributed by atoms with Gasteiger partial charge in [-0.15, -0.1) is 0 Å². The van der Waals surface area contributed by atoms with Gasteiger partial charge < -0.3 is 9.80 Å². The summed E-state index contributed by atoms with van der Waals surface area (Å²) >= 11 is 1.41. The molecule has 0 radical (unpaired) electrons. The molecule has 0 saturated carbocycles. The number of piperidine rings is 2. The van der Waals surface area contributed by atoms with Gasteiger partial charge in [-0.1, -0.05) is 42.5 Å². The van der Waals surface area contributed by atoms with Crippen molar-refractivity contribution in [3.63, 3.8) is 0 Å². The van der Waals surface area contributed by atoms with Gasteiger partial charge in [0.2, 0.25) is 11.0 Å². The number of halogens is 1. The smallest absolute Gasteiger partial charge is 0.225 e. The molecule has 2 aromatic carbocycles. The zero-order valence-electron chi connectivity index (χ0n) is 19.4. The van der Waals surface area contributed by atoms with E-state index in [4.69, 9.17) is 4.98 Å². The summed E-state index contributed by atoms with van der Waals surface area (Å²) in [5.41, 5.74) is 2.40. The first-order valence-electron chi connectivity index (χ1n) is 12.3. The maximum absolute atomic E-state index is 13.1. The lowest BCUT2D eigenvalue weighted by molar-refractivity contribution is -0.137. The van der Waals surface area contributed by atoms with Gasteiger partial charge in [-0.3, -0.25) is 4.79 Å². The topological polar surface area (TPSA) is 49.3 Å². The van der Waals surface area contributed by atoms with E-state index in [-0.39, 0.29) is 11.7 Å². The average Bonchev–Trinajstić information content (AvgIpc) is 3.35. The number of nitrogens with zero attached hydrogens (tertiary/aromatic N) is 4. The summed E-state index contributed by atoms with van der Waals surface area (Å²) in [6, 6.07) is 17.2. The van der Waals surface area contributed by atoms with Crippen LogP contribution < -0.4 is 4.90 Å². The molecule has 2 saturated heterocycles. The number of hydrogen-bond donors (Lipinski definition) is 0. The van der Waals surface area contributed by atoms with Crippen LogP contribution in [-0.2, 0) is 17.6 Å². The van der Waals surface area contributed by atoms with Crippen LogP contribution >= 0.6 is 11.5 Å². The van der Waals surface area contributed by atoms with Gasteiger partial charge in [0.25, 0.3) is 0 Å². The number of carbonyl (C=O) groups is 1. The fraction of sp³-hybridized carbons (Fsp3) is 0.444. The first-order valence-corrected chi connectivity index (χ1v) is 13.1. The summed E-state index contributed by atoms with van der Waals surface area (Å²) in [6.07, 6.45) is 5.66. The van der Waals surface area contributed by atoms with Crippen LogP contribution in [0.15, 0.2) is 54.6 Å². The van der Waals surface area contributed by atoms with E-state index in [0.717, 1.165) is 74.8 Å². The Balaban J connectivity index is 1.08. The maximum atomic E-state index is 13.1. The van der Waals surface area contributed by atoms with Crippen LogP contribution in [0.25, 0.3) is 0 Å². The SMILES string of the molecule is O=C(C1CCN(c2nc(Cc3ccc(F)cc3)ns2)CC1)N1CCC(Cc2ccccc2)CC1. The van der Waals surface area contributed by atoms with Crippen LogP contribution in [0, 0.1) is 17.7 Å². The van der Waals surface area contributed by atoms with Crippen molar-refractivity contribution in [2.75, 3.05) is 31.1 Å². The molecule has 3 heterocycles. The molecule has 3 aromatic rings. The molecule has 178 valence electrons. The van der Waals surface area contributed by atoms with Crippen LogP contribution in [0.1, 0.15) is 42.6 Å². The van der Waals surface area contributed by atoms with Crippen LogP contribution in [0.5, 0.6) is 0 Å². The van der Waals surface area contributed by atoms with Gasteiger partial charge in [0, 0.05) is 50.1 Å². The van der Waals surface area contributed by atoms with Gasteiger partial charge in [-0.2, -0.15) is 4.37 Å². The molecular weight excluding hydrogens is 447 g/mol. The molecule has 34 heavy (non-hydrogen) atoms. The Morgan fingerprint density at radius 3 is 2.32 bits per heavy atom. The summed E-state index contributed by atoms with van der Waals surface area (Å²) < 4.78 is 17.6. The minimum atomic E-state index is -0.232. The second-order valence-corrected chi connectivity index (χ2v) is 10.2. The number of anilines is 1. The maximum Gasteiger partial charge on any atom is 0.225 e. The van der Waals surface area contributed by atoms with Gasteiger partial charge in [0.05, 0.1) is 0 Å². The van der Waals surface area contributed by atoms with Gasteiger partial charge in [-0.25, -0.2) is 9.37 Å². The lowest BCUT2D eigenvalue weighted by atomic mass is 9.88. The lowest BCUT2D eigenvalue weighted by Crippen LogP contribution is -2.45. The van der Waals surface area contributed by atoms with E-state index in [1.54, 1.807) is 12.1 Å². The third kappa shape index (κ3) is 5.63. The number of rotatable bonds is 6. The van der Waals surface area contributed by atoms with Crippen molar-refractivity contribution in [3.8, 4) is 0 Å². The number of aromatic nitrogens is 2. The molecule has 2 fully saturated rings. The highest BCUT2D eigenvalue weighted by molar-refractivity contribution is 7.09. The van der Waals surface area contributed by atoms with E-state index >= 15 is 0 Å². The van der Waals surface area contributed by atoms with Crippen molar-refractivity contribution in [1.82, 2.24) is 14.3 Å². The molecule has 0 bridgehead atoms. The molecule has 2 aliphatic heterocycles. The molecular formula is C27H31FN4OS. The molecule has 5 rings (SSSR count). The summed E-state index contributed by atoms with van der Waals surface area (Å²) in [7, 11) is 0. The fourth-order valence-corrected chi connectivity index (χ4v) is 5.85. The molecule has 0 N–H and O–H groups in total. The zero-order valence-corrected chi connectivity index (χ0v) is 20.2. The van der Waals surface area contributed by atoms with Crippen LogP contribution in [-0.4, -0.2) is 46.3 Å². The van der Waals surface area contributed by atoms with E-state index in [9.17, 15) is 9.18 Å². The normalized spacial score (nSPS) is 17.8. The van der Waals surface area contributed by atoms with E-state index in [1.807, 2.05) is 0 Å². The van der Waals surface area contributed by atoms with Crippen LogP contribution in [0.3, 0.4) is 0 Å². The standard InChI is InChI=1S/C27H31FN4OS/c28-24-8-6-21(7-9-24)19-25-29-27(34-30-25)32-16-12-23(13-17-32)26(33)31-14-10-22(11-15-31)18-20-4-2-1-3-5-20/h1-9,22-23H,10-19H2. The molecule has 0 atom stereocenters. The number of benzene rings is 2. The third-order valence-electron chi connectivity index (χ3n) is 7.14. The molecule has 0 unspecified atom stereocenters. The van der Waals surface area contributed by atoms with Gasteiger partial charge in [-0.05, 0) is 61.3 Å². The Morgan fingerprint density at radius 1 is 0.912 bits per heavy atom. The minimum Gasteiger partial charge on any atom is -0.347 e. The molecule has 1 amide bonds. The highest BCUT2D eigenvalue weighted by Crippen LogP contribution is 2.28. The Kier molecular flexibility index (Phi) is 7.19. The predicted molar refractivity (Wildman–Crippen MR) is 134 cm³/mol. The van der Waals surface area contributed by atoms with E-state index in [0.29, 0.717) is 18.2 Å². The van der Waals surface area contributed by atoms with Crippen molar-refractivity contribution < 1.29 is 9.18 Å². The van der Waals surface area contributed by atoms with Crippen LogP contribution in [0.2, 0.25) is 0 Å². The minimum absolute atomic E-state index is 0.119. The summed E-state index contributed by atoms with van der Waals surface area (Å²) in [6.45, 7) is 3.46. The van der Waals surface area contributed by atoms with Crippen molar-refractivity contribution >= 4 is 22.6 Å². The molecule has 1 aromatic heterocycles. The van der Waals surface area contributed by atoms with Crippen molar-refractivity contribution in [2.45, 2.75) is 38.5 Å². The average molecular weight is 479 g/mol. The van der Waals surface area contributed by atoms with E-state index in [1.165, 1.54) is 29.2 Å². The highest BCUT2D eigenvalue weighted by Gasteiger charge is 2.31. The Morgan fingerprint density at radius 2 is 1.62 bits per heavy atom. The Hall–Kier alpha value is -2.80. The Bertz CT molecular complexity index is 1070. The second kappa shape index (κ2) is 10.6. The van der Waals surface area contributed by atoms with E-state index < -0.39 is 0 Å². The fourth-order valence-electron chi connectivity index (χ4n) is 5.11. The monoisotopic (exact) mass is 478 g/mol. The molecule has 0 aliphatic carbocycles. The zero-order chi connectivity index (χ0) is 23.3. The lowest BCUT2D eigenvalue weighted by Gasteiger charge is -2.37. The number of carbonyl (C=O) groups excluding carboxylic acids is 1. The van der Waals surface area contributed by atoms with Crippen molar-refractivity contribution in [1.29, 1.82) is 0 Å². The quantitative estimate of drug-likeness (QED) is 0.502. The molecule has 5 nitrogen and oxygen atoms in total. The molecule has 0 spiro atoms. The third-order valence-corrected chi connectivity index (χ3v) is 7.96. The first kappa shape index (κ1) is 23.0. The first-order chi connectivity index (χ1) is 16.6. The van der Waals surface area contributed by atoms with Gasteiger partial charge >= 0.3 is 0 Å². The van der Waals surface area contributed by atoms with Gasteiger partial charge in [0.15, 0.2) is 0 Å². The van der Waals surface area contributed by atoms with Crippen LogP contribution in [0.4, 0.5) is 9.52 Å². The summed E-state index contributed by atoms with van der Waals surface area (Å²) in [5.74, 6) is 1.67. The number of hydrogen-bond acceptors (Lipinski definition) is 5. The highest BCUT2D eigenvalue weighted by atomic mass is 32.1. The number of likely N-dealkylation sites (tertiary alicyclic amines) is 1. The molecule has 7 heteroatoms. The predicted octanol–water partition coefficient (Wildman–Crippen LogP) is 4.97. The van der Waals surface area contributed by atoms with E-state index in [2.05, 4.69) is 44.5 Å². The van der Waals surface area contributed by atoms with Crippen molar-refractivity contribution in [2.24, 2.45) is 11.8 Å².